The van der Waals surface area contributed by atoms with E-state index in [1.807, 2.05) is 12.3 Å². The molecule has 3 nitrogen and oxygen atoms in total. The number of aryl methyl sites for hydroxylation is 1. The summed E-state index contributed by atoms with van der Waals surface area (Å²) >= 11 is 1.66. The van der Waals surface area contributed by atoms with Crippen LogP contribution in [0, 0.1) is 19.3 Å². The van der Waals surface area contributed by atoms with E-state index >= 15 is 0 Å². The number of hydrogen-bond donors (Lipinski definition) is 1. The van der Waals surface area contributed by atoms with Crippen LogP contribution < -0.4 is 5.32 Å². The molecule has 0 aromatic carbocycles. The van der Waals surface area contributed by atoms with Crippen molar-refractivity contribution in [2.45, 2.75) is 19.9 Å². The highest BCUT2D eigenvalue weighted by Crippen LogP contribution is 2.16. The third kappa shape index (κ3) is 2.04. The van der Waals surface area contributed by atoms with Crippen molar-refractivity contribution in [3.05, 3.63) is 23.0 Å². The maximum atomic E-state index is 5.19. The summed E-state index contributed by atoms with van der Waals surface area (Å²) in [6.07, 6.45) is 8.01. The second kappa shape index (κ2) is 4.47. The smallest absolute Gasteiger partial charge is 0.194 e. The molecule has 0 atom stereocenters. The van der Waals surface area contributed by atoms with Gasteiger partial charge in [0.1, 0.15) is 0 Å². The zero-order valence-corrected chi connectivity index (χ0v) is 9.47. The fraction of sp³-hybridized carbons (Fsp3) is 0.364. The van der Waals surface area contributed by atoms with Gasteiger partial charge in [0.15, 0.2) is 4.96 Å². The third-order valence-corrected chi connectivity index (χ3v) is 3.06. The summed E-state index contributed by atoms with van der Waals surface area (Å²) in [7, 11) is 0. The van der Waals surface area contributed by atoms with Gasteiger partial charge in [0.2, 0.25) is 0 Å². The fourth-order valence-electron chi connectivity index (χ4n) is 1.52. The van der Waals surface area contributed by atoms with Crippen LogP contribution in [0.4, 0.5) is 0 Å². The first-order valence-electron chi connectivity index (χ1n) is 4.88. The van der Waals surface area contributed by atoms with Gasteiger partial charge in [-0.25, -0.2) is 4.98 Å². The largest absolute Gasteiger partial charge is 0.310 e. The van der Waals surface area contributed by atoms with Crippen LogP contribution in [0.15, 0.2) is 11.6 Å². The van der Waals surface area contributed by atoms with E-state index in [2.05, 4.69) is 26.8 Å². The highest BCUT2D eigenvalue weighted by atomic mass is 32.1. The summed E-state index contributed by atoms with van der Waals surface area (Å²) in [4.78, 5) is 5.53. The zero-order chi connectivity index (χ0) is 10.7. The molecule has 0 saturated carbocycles. The van der Waals surface area contributed by atoms with Crippen molar-refractivity contribution in [1.82, 2.24) is 14.7 Å². The molecule has 0 aliphatic rings. The number of aromatic nitrogens is 2. The lowest BCUT2D eigenvalue weighted by molar-refractivity contribution is 0.681. The average molecular weight is 219 g/mol. The Labute approximate surface area is 93.1 Å². The van der Waals surface area contributed by atoms with E-state index in [0.29, 0.717) is 0 Å². The van der Waals surface area contributed by atoms with Crippen molar-refractivity contribution in [2.24, 2.45) is 0 Å². The van der Waals surface area contributed by atoms with Crippen molar-refractivity contribution >= 4 is 16.3 Å². The summed E-state index contributed by atoms with van der Waals surface area (Å²) in [6, 6.07) is 0. The first-order valence-corrected chi connectivity index (χ1v) is 5.76. The van der Waals surface area contributed by atoms with Gasteiger partial charge in [0, 0.05) is 31.1 Å². The molecule has 0 amide bonds. The van der Waals surface area contributed by atoms with Crippen LogP contribution in [0.3, 0.4) is 0 Å². The SMILES string of the molecule is C#CCCNCc1c(C)nc2sccn12. The fourth-order valence-corrected chi connectivity index (χ4v) is 2.30. The normalized spacial score (nSPS) is 10.7. The molecule has 0 fully saturated rings. The van der Waals surface area contributed by atoms with Crippen LogP contribution in [0.25, 0.3) is 4.96 Å². The number of nitrogens with zero attached hydrogens (tertiary/aromatic N) is 2. The van der Waals surface area contributed by atoms with Crippen LogP contribution in [-0.4, -0.2) is 15.9 Å². The minimum atomic E-state index is 0.768. The molecule has 15 heavy (non-hydrogen) atoms. The molecule has 0 bridgehead atoms. The van der Waals surface area contributed by atoms with E-state index in [1.165, 1.54) is 5.69 Å². The second-order valence-corrected chi connectivity index (χ2v) is 4.20. The Balaban J connectivity index is 2.09. The van der Waals surface area contributed by atoms with Gasteiger partial charge < -0.3 is 5.32 Å². The molecule has 2 heterocycles. The number of nitrogens with one attached hydrogen (secondary N) is 1. The zero-order valence-electron chi connectivity index (χ0n) is 8.66. The molecule has 0 unspecified atom stereocenters. The lowest BCUT2D eigenvalue weighted by Crippen LogP contribution is -2.16. The van der Waals surface area contributed by atoms with Gasteiger partial charge in [-0.1, -0.05) is 0 Å². The summed E-state index contributed by atoms with van der Waals surface area (Å²) in [5.74, 6) is 2.61. The van der Waals surface area contributed by atoms with Gasteiger partial charge in [-0.3, -0.25) is 4.40 Å². The second-order valence-electron chi connectivity index (χ2n) is 3.33. The van der Waals surface area contributed by atoms with Crippen molar-refractivity contribution < 1.29 is 0 Å². The summed E-state index contributed by atoms with van der Waals surface area (Å²) in [6.45, 7) is 3.72. The van der Waals surface area contributed by atoms with Gasteiger partial charge in [-0.15, -0.1) is 23.7 Å². The molecule has 2 aromatic rings. The Morgan fingerprint density at radius 1 is 1.67 bits per heavy atom. The Morgan fingerprint density at radius 2 is 2.53 bits per heavy atom. The molecule has 78 valence electrons. The van der Waals surface area contributed by atoms with E-state index in [4.69, 9.17) is 6.42 Å². The highest BCUT2D eigenvalue weighted by molar-refractivity contribution is 7.15. The van der Waals surface area contributed by atoms with Gasteiger partial charge in [-0.05, 0) is 6.92 Å². The van der Waals surface area contributed by atoms with Crippen LogP contribution in [0.1, 0.15) is 17.8 Å². The molecule has 2 rings (SSSR count). The number of rotatable bonds is 4. The molecular weight excluding hydrogens is 206 g/mol. The monoisotopic (exact) mass is 219 g/mol. The minimum absolute atomic E-state index is 0.768. The van der Waals surface area contributed by atoms with Crippen molar-refractivity contribution in [2.75, 3.05) is 6.54 Å². The van der Waals surface area contributed by atoms with Crippen LogP contribution >= 0.6 is 11.3 Å². The number of terminal acetylenes is 1. The van der Waals surface area contributed by atoms with Gasteiger partial charge in [0.25, 0.3) is 0 Å². The molecule has 4 heteroatoms. The number of imidazole rings is 1. The molecule has 0 radical (unpaired) electrons. The number of fused-ring (bicyclic) bond motifs is 1. The molecule has 0 aliphatic heterocycles. The number of hydrogen-bond acceptors (Lipinski definition) is 3. The molecular formula is C11H13N3S. The molecule has 0 aliphatic carbocycles. The topological polar surface area (TPSA) is 29.3 Å². The van der Waals surface area contributed by atoms with E-state index in [9.17, 15) is 0 Å². The maximum Gasteiger partial charge on any atom is 0.194 e. The van der Waals surface area contributed by atoms with Gasteiger partial charge >= 0.3 is 0 Å². The average Bonchev–Trinajstić information content (AvgIpc) is 2.75. The molecule has 2 aromatic heterocycles. The van der Waals surface area contributed by atoms with Crippen LogP contribution in [0.5, 0.6) is 0 Å². The van der Waals surface area contributed by atoms with Gasteiger partial charge in [0.05, 0.1) is 11.4 Å². The summed E-state index contributed by atoms with van der Waals surface area (Å²) < 4.78 is 2.13. The standard InChI is InChI=1S/C11H13N3S/c1-3-4-5-12-8-10-9(2)13-11-14(10)6-7-15-11/h1,6-7,12H,4-5,8H2,2H3. The van der Waals surface area contributed by atoms with Gasteiger partial charge in [-0.2, -0.15) is 0 Å². The Kier molecular flexibility index (Phi) is 3.05. The van der Waals surface area contributed by atoms with Crippen LogP contribution in [-0.2, 0) is 6.54 Å². The van der Waals surface area contributed by atoms with E-state index in [0.717, 1.165) is 30.2 Å². The van der Waals surface area contributed by atoms with E-state index in [1.54, 1.807) is 11.3 Å². The first-order chi connectivity index (χ1) is 7.33. The first kappa shape index (κ1) is 10.2. The summed E-state index contributed by atoms with van der Waals surface area (Å²) in [5.41, 5.74) is 2.32. The Morgan fingerprint density at radius 3 is 3.33 bits per heavy atom. The van der Waals surface area contributed by atoms with Crippen molar-refractivity contribution in [3.8, 4) is 12.3 Å². The molecule has 0 spiro atoms. The predicted molar refractivity (Wildman–Crippen MR) is 63.0 cm³/mol. The maximum absolute atomic E-state index is 5.19. The lowest BCUT2D eigenvalue weighted by atomic mass is 10.3. The summed E-state index contributed by atoms with van der Waals surface area (Å²) in [5, 5.41) is 5.36. The Hall–Kier alpha value is -1.31. The van der Waals surface area contributed by atoms with E-state index < -0.39 is 0 Å². The van der Waals surface area contributed by atoms with E-state index in [-0.39, 0.29) is 0 Å². The molecule has 1 N–H and O–H groups in total. The van der Waals surface area contributed by atoms with Crippen molar-refractivity contribution in [3.63, 3.8) is 0 Å². The third-order valence-electron chi connectivity index (χ3n) is 2.30. The number of thiazole rings is 1. The van der Waals surface area contributed by atoms with Crippen molar-refractivity contribution in [1.29, 1.82) is 0 Å². The highest BCUT2D eigenvalue weighted by Gasteiger charge is 2.07. The quantitative estimate of drug-likeness (QED) is 0.628. The minimum Gasteiger partial charge on any atom is -0.310 e. The lowest BCUT2D eigenvalue weighted by Gasteiger charge is -2.02. The Bertz CT molecular complexity index is 489. The molecule has 0 saturated heterocycles. The van der Waals surface area contributed by atoms with Crippen LogP contribution in [0.2, 0.25) is 0 Å². The predicted octanol–water partition coefficient (Wildman–Crippen LogP) is 1.82.